The van der Waals surface area contributed by atoms with E-state index in [9.17, 15) is 5.11 Å². The topological polar surface area (TPSA) is 40.5 Å². The molecule has 0 aliphatic rings. The molecule has 0 atom stereocenters. The van der Waals surface area contributed by atoms with Gasteiger partial charge in [-0.2, -0.15) is 0 Å². The quantitative estimate of drug-likeness (QED) is 0.654. The molecule has 0 saturated carbocycles. The van der Waals surface area contributed by atoms with Gasteiger partial charge in [0.05, 0.1) is 0 Å². The summed E-state index contributed by atoms with van der Waals surface area (Å²) in [4.78, 5) is 0. The number of benzene rings is 1. The fourth-order valence-corrected chi connectivity index (χ4v) is 2.28. The monoisotopic (exact) mass is 180 g/mol. The van der Waals surface area contributed by atoms with Crippen LogP contribution in [0.5, 0.6) is 11.5 Å². The fourth-order valence-electron chi connectivity index (χ4n) is 1.29. The first-order valence-corrected chi connectivity index (χ1v) is 4.46. The highest BCUT2D eigenvalue weighted by molar-refractivity contribution is 7.17. The number of thiophene rings is 1. The Hall–Kier alpha value is -1.22. The standard InChI is InChI=1S/C9H8O2S/c1-5-4-12-8-3-6(10)2-7(11)9(5)8/h2-4,10-11H,1H3. The summed E-state index contributed by atoms with van der Waals surface area (Å²) in [5.74, 6) is 0.269. The van der Waals surface area contributed by atoms with Crippen LogP contribution in [-0.2, 0) is 0 Å². The summed E-state index contributed by atoms with van der Waals surface area (Å²) in [6.07, 6.45) is 0. The maximum Gasteiger partial charge on any atom is 0.128 e. The number of rotatable bonds is 0. The fraction of sp³-hybridized carbons (Fsp3) is 0.111. The molecule has 1 aromatic heterocycles. The maximum atomic E-state index is 9.47. The van der Waals surface area contributed by atoms with Crippen LogP contribution in [-0.4, -0.2) is 10.2 Å². The molecule has 0 saturated heterocycles. The van der Waals surface area contributed by atoms with E-state index in [1.165, 1.54) is 17.4 Å². The molecule has 2 aromatic rings. The lowest BCUT2D eigenvalue weighted by Gasteiger charge is -1.97. The van der Waals surface area contributed by atoms with Gasteiger partial charge in [0.2, 0.25) is 0 Å². The van der Waals surface area contributed by atoms with Gasteiger partial charge in [-0.05, 0) is 23.9 Å². The van der Waals surface area contributed by atoms with Gasteiger partial charge >= 0.3 is 0 Å². The molecule has 0 bridgehead atoms. The van der Waals surface area contributed by atoms with E-state index in [2.05, 4.69) is 0 Å². The molecule has 0 fully saturated rings. The van der Waals surface area contributed by atoms with E-state index in [1.807, 2.05) is 12.3 Å². The average molecular weight is 180 g/mol. The lowest BCUT2D eigenvalue weighted by molar-refractivity contribution is 0.455. The van der Waals surface area contributed by atoms with Gasteiger partial charge in [-0.15, -0.1) is 11.3 Å². The summed E-state index contributed by atoms with van der Waals surface area (Å²) in [6, 6.07) is 3.02. The summed E-state index contributed by atoms with van der Waals surface area (Å²) in [6.45, 7) is 1.94. The van der Waals surface area contributed by atoms with Crippen molar-refractivity contribution < 1.29 is 10.2 Å². The van der Waals surface area contributed by atoms with Crippen LogP contribution in [0, 0.1) is 6.92 Å². The van der Waals surface area contributed by atoms with Crippen LogP contribution in [0.1, 0.15) is 5.56 Å². The predicted molar refractivity (Wildman–Crippen MR) is 49.9 cm³/mol. The molecule has 0 amide bonds. The minimum atomic E-state index is 0.113. The molecule has 3 heteroatoms. The van der Waals surface area contributed by atoms with Crippen molar-refractivity contribution >= 4 is 21.4 Å². The Morgan fingerprint density at radius 3 is 2.75 bits per heavy atom. The zero-order valence-corrected chi connectivity index (χ0v) is 7.35. The summed E-state index contributed by atoms with van der Waals surface area (Å²) in [5, 5.41) is 21.4. The van der Waals surface area contributed by atoms with E-state index in [0.29, 0.717) is 0 Å². The summed E-state index contributed by atoms with van der Waals surface area (Å²) in [7, 11) is 0. The lowest BCUT2D eigenvalue weighted by atomic mass is 10.2. The Balaban J connectivity index is 2.93. The van der Waals surface area contributed by atoms with Gasteiger partial charge in [-0.3, -0.25) is 0 Å². The Bertz CT molecular complexity index is 431. The minimum Gasteiger partial charge on any atom is -0.508 e. The van der Waals surface area contributed by atoms with Crippen LogP contribution in [0.2, 0.25) is 0 Å². The normalized spacial score (nSPS) is 10.8. The first-order valence-electron chi connectivity index (χ1n) is 3.58. The summed E-state index contributed by atoms with van der Waals surface area (Å²) in [5.41, 5.74) is 1.05. The van der Waals surface area contributed by atoms with Crippen LogP contribution in [0.15, 0.2) is 17.5 Å². The Labute approximate surface area is 73.7 Å². The lowest BCUT2D eigenvalue weighted by Crippen LogP contribution is -1.70. The Morgan fingerprint density at radius 2 is 2.00 bits per heavy atom. The third-order valence-electron chi connectivity index (χ3n) is 1.82. The third-order valence-corrected chi connectivity index (χ3v) is 2.87. The molecule has 0 aliphatic heterocycles. The van der Waals surface area contributed by atoms with E-state index >= 15 is 0 Å². The van der Waals surface area contributed by atoms with Crippen molar-refractivity contribution in [3.8, 4) is 11.5 Å². The van der Waals surface area contributed by atoms with Gasteiger partial charge in [0.15, 0.2) is 0 Å². The zero-order chi connectivity index (χ0) is 8.72. The van der Waals surface area contributed by atoms with Crippen LogP contribution in [0.4, 0.5) is 0 Å². The summed E-state index contributed by atoms with van der Waals surface area (Å²) < 4.78 is 0.921. The number of fused-ring (bicyclic) bond motifs is 1. The molecule has 1 aromatic carbocycles. The van der Waals surface area contributed by atoms with E-state index in [-0.39, 0.29) is 11.5 Å². The number of hydrogen-bond acceptors (Lipinski definition) is 3. The number of phenols is 2. The van der Waals surface area contributed by atoms with E-state index in [1.54, 1.807) is 6.07 Å². The van der Waals surface area contributed by atoms with Gasteiger partial charge in [-0.1, -0.05) is 0 Å². The van der Waals surface area contributed by atoms with Crippen molar-refractivity contribution in [3.05, 3.63) is 23.1 Å². The number of aryl methyl sites for hydroxylation is 1. The summed E-state index contributed by atoms with van der Waals surface area (Å²) >= 11 is 1.52. The van der Waals surface area contributed by atoms with E-state index in [4.69, 9.17) is 5.11 Å². The number of aromatic hydroxyl groups is 2. The van der Waals surface area contributed by atoms with Crippen molar-refractivity contribution in [2.75, 3.05) is 0 Å². The van der Waals surface area contributed by atoms with Gasteiger partial charge in [0.1, 0.15) is 11.5 Å². The molecule has 0 unspecified atom stereocenters. The van der Waals surface area contributed by atoms with Crippen LogP contribution in [0.25, 0.3) is 10.1 Å². The maximum absolute atomic E-state index is 9.47. The smallest absolute Gasteiger partial charge is 0.128 e. The number of hydrogen-bond donors (Lipinski definition) is 2. The molecular weight excluding hydrogens is 172 g/mol. The predicted octanol–water partition coefficient (Wildman–Crippen LogP) is 2.62. The minimum absolute atomic E-state index is 0.113. The van der Waals surface area contributed by atoms with Crippen molar-refractivity contribution in [1.29, 1.82) is 0 Å². The molecule has 12 heavy (non-hydrogen) atoms. The third kappa shape index (κ3) is 0.940. The zero-order valence-electron chi connectivity index (χ0n) is 6.53. The van der Waals surface area contributed by atoms with Crippen LogP contribution >= 0.6 is 11.3 Å². The van der Waals surface area contributed by atoms with Crippen molar-refractivity contribution in [2.45, 2.75) is 6.92 Å². The first kappa shape index (κ1) is 7.43. The largest absolute Gasteiger partial charge is 0.508 e. The van der Waals surface area contributed by atoms with Crippen LogP contribution in [0.3, 0.4) is 0 Å². The van der Waals surface area contributed by atoms with Gasteiger partial charge < -0.3 is 10.2 Å². The first-order chi connectivity index (χ1) is 5.68. The molecule has 2 N–H and O–H groups in total. The Morgan fingerprint density at radius 1 is 1.25 bits per heavy atom. The second-order valence-corrected chi connectivity index (χ2v) is 3.67. The van der Waals surface area contributed by atoms with Gasteiger partial charge in [0.25, 0.3) is 0 Å². The van der Waals surface area contributed by atoms with Crippen LogP contribution < -0.4 is 0 Å². The Kier molecular flexibility index (Phi) is 1.48. The molecule has 2 nitrogen and oxygen atoms in total. The molecule has 1 heterocycles. The second kappa shape index (κ2) is 2.38. The average Bonchev–Trinajstić information content (AvgIpc) is 2.31. The molecule has 0 radical (unpaired) electrons. The van der Waals surface area contributed by atoms with Crippen molar-refractivity contribution in [2.24, 2.45) is 0 Å². The SMILES string of the molecule is Cc1csc2cc(O)cc(O)c12. The highest BCUT2D eigenvalue weighted by atomic mass is 32.1. The second-order valence-electron chi connectivity index (χ2n) is 2.76. The molecule has 0 aliphatic carbocycles. The highest BCUT2D eigenvalue weighted by Gasteiger charge is 2.06. The van der Waals surface area contributed by atoms with E-state index in [0.717, 1.165) is 15.6 Å². The van der Waals surface area contributed by atoms with E-state index < -0.39 is 0 Å². The molecule has 62 valence electrons. The number of phenolic OH excluding ortho intramolecular Hbond substituents is 2. The van der Waals surface area contributed by atoms with Gasteiger partial charge in [-0.25, -0.2) is 0 Å². The molecular formula is C9H8O2S. The molecule has 0 spiro atoms. The van der Waals surface area contributed by atoms with Gasteiger partial charge in [0, 0.05) is 16.2 Å². The highest BCUT2D eigenvalue weighted by Crippen LogP contribution is 2.35. The van der Waals surface area contributed by atoms with Crippen molar-refractivity contribution in [3.63, 3.8) is 0 Å². The molecule has 2 rings (SSSR count). The van der Waals surface area contributed by atoms with Crippen molar-refractivity contribution in [1.82, 2.24) is 0 Å².